The van der Waals surface area contributed by atoms with Gasteiger partial charge in [-0.25, -0.2) is 9.48 Å². The van der Waals surface area contributed by atoms with Gasteiger partial charge in [-0.15, -0.1) is 5.10 Å². The summed E-state index contributed by atoms with van der Waals surface area (Å²) in [5, 5.41) is 18.6. The fourth-order valence-electron chi connectivity index (χ4n) is 4.48. The largest absolute Gasteiger partial charge is 0.350 e. The number of fused-ring (bicyclic) bond motifs is 1. The van der Waals surface area contributed by atoms with Gasteiger partial charge in [0.1, 0.15) is 5.52 Å². The van der Waals surface area contributed by atoms with E-state index in [1.807, 2.05) is 59.8 Å². The minimum absolute atomic E-state index is 0.0479. The Morgan fingerprint density at radius 3 is 2.31 bits per heavy atom. The van der Waals surface area contributed by atoms with Gasteiger partial charge in [0.05, 0.1) is 22.5 Å². The van der Waals surface area contributed by atoms with Crippen molar-refractivity contribution >= 4 is 34.4 Å². The topological polar surface area (TPSA) is 79.2 Å². The Morgan fingerprint density at radius 2 is 1.63 bits per heavy atom. The standard InChI is InChI=1S/C26H28ClN7O/c1-17-4-6-20(7-5-17)16-28-26(35)33-14-12-32(13-15-33)25-24-23(18(2)29-30-25)19(3)34(31-24)22-10-8-21(27)9-11-22/h4-11H,12-16H2,1-3H3,(H,28,35). The van der Waals surface area contributed by atoms with Crippen molar-refractivity contribution in [1.29, 1.82) is 0 Å². The molecule has 180 valence electrons. The van der Waals surface area contributed by atoms with E-state index in [1.54, 1.807) is 0 Å². The molecule has 0 aliphatic carbocycles. The maximum Gasteiger partial charge on any atom is 0.317 e. The normalized spacial score (nSPS) is 13.9. The number of nitrogens with zero attached hydrogens (tertiary/aromatic N) is 6. The summed E-state index contributed by atoms with van der Waals surface area (Å²) in [6, 6.07) is 15.8. The minimum atomic E-state index is -0.0479. The van der Waals surface area contributed by atoms with Crippen LogP contribution in [-0.4, -0.2) is 57.1 Å². The second-order valence-corrected chi connectivity index (χ2v) is 9.36. The number of rotatable bonds is 4. The summed E-state index contributed by atoms with van der Waals surface area (Å²) in [5.74, 6) is 0.751. The predicted molar refractivity (Wildman–Crippen MR) is 138 cm³/mol. The van der Waals surface area contributed by atoms with Crippen molar-refractivity contribution in [3.8, 4) is 5.69 Å². The monoisotopic (exact) mass is 489 g/mol. The molecule has 3 heterocycles. The van der Waals surface area contributed by atoms with E-state index in [2.05, 4.69) is 39.5 Å². The van der Waals surface area contributed by atoms with E-state index >= 15 is 0 Å². The van der Waals surface area contributed by atoms with Crippen molar-refractivity contribution in [1.82, 2.24) is 30.2 Å². The lowest BCUT2D eigenvalue weighted by Gasteiger charge is -2.35. The van der Waals surface area contributed by atoms with Crippen LogP contribution in [0, 0.1) is 20.8 Å². The second kappa shape index (κ2) is 9.54. The van der Waals surface area contributed by atoms with E-state index < -0.39 is 0 Å². The molecule has 2 aromatic carbocycles. The molecule has 0 atom stereocenters. The van der Waals surface area contributed by atoms with Gasteiger partial charge in [-0.05, 0) is 50.6 Å². The summed E-state index contributed by atoms with van der Waals surface area (Å²) in [6.45, 7) is 9.11. The van der Waals surface area contributed by atoms with Gasteiger partial charge in [0.2, 0.25) is 0 Å². The highest BCUT2D eigenvalue weighted by molar-refractivity contribution is 6.30. The first kappa shape index (κ1) is 23.1. The highest BCUT2D eigenvalue weighted by Crippen LogP contribution is 2.30. The van der Waals surface area contributed by atoms with E-state index in [-0.39, 0.29) is 6.03 Å². The van der Waals surface area contributed by atoms with E-state index in [1.165, 1.54) is 5.56 Å². The van der Waals surface area contributed by atoms with Crippen molar-refractivity contribution < 1.29 is 4.79 Å². The van der Waals surface area contributed by atoms with Gasteiger partial charge in [-0.3, -0.25) is 0 Å². The van der Waals surface area contributed by atoms with Gasteiger partial charge in [0.15, 0.2) is 5.82 Å². The van der Waals surface area contributed by atoms with E-state index in [0.29, 0.717) is 37.7 Å². The summed E-state index contributed by atoms with van der Waals surface area (Å²) in [7, 11) is 0. The summed E-state index contributed by atoms with van der Waals surface area (Å²) in [5.41, 5.74) is 5.90. The molecule has 1 aliphatic heterocycles. The zero-order chi connectivity index (χ0) is 24.5. The number of aryl methyl sites for hydroxylation is 3. The van der Waals surface area contributed by atoms with Gasteiger partial charge in [0.25, 0.3) is 0 Å². The van der Waals surface area contributed by atoms with Crippen molar-refractivity contribution in [2.75, 3.05) is 31.1 Å². The lowest BCUT2D eigenvalue weighted by atomic mass is 10.1. The van der Waals surface area contributed by atoms with Crippen LogP contribution in [0.5, 0.6) is 0 Å². The number of nitrogens with one attached hydrogen (secondary N) is 1. The van der Waals surface area contributed by atoms with Crippen LogP contribution in [0.4, 0.5) is 10.6 Å². The quantitative estimate of drug-likeness (QED) is 0.459. The van der Waals surface area contributed by atoms with Crippen molar-refractivity contribution in [3.05, 3.63) is 76.1 Å². The molecule has 1 saturated heterocycles. The Labute approximate surface area is 209 Å². The number of hydrogen-bond acceptors (Lipinski definition) is 5. The van der Waals surface area contributed by atoms with Crippen LogP contribution in [-0.2, 0) is 6.54 Å². The number of anilines is 1. The first-order chi connectivity index (χ1) is 16.9. The molecule has 0 saturated carbocycles. The first-order valence-electron chi connectivity index (χ1n) is 11.7. The molecule has 9 heteroatoms. The highest BCUT2D eigenvalue weighted by Gasteiger charge is 2.26. The number of amides is 2. The van der Waals surface area contributed by atoms with Crippen LogP contribution in [0.1, 0.15) is 22.5 Å². The van der Waals surface area contributed by atoms with Crippen LogP contribution in [0.15, 0.2) is 48.5 Å². The SMILES string of the molecule is Cc1ccc(CNC(=O)N2CCN(c3nnc(C)c4c(C)n(-c5ccc(Cl)cc5)nc34)CC2)cc1. The third-order valence-electron chi connectivity index (χ3n) is 6.49. The van der Waals surface area contributed by atoms with Crippen molar-refractivity contribution in [2.45, 2.75) is 27.3 Å². The van der Waals surface area contributed by atoms with E-state index in [0.717, 1.165) is 39.4 Å². The smallest absolute Gasteiger partial charge is 0.317 e. The molecule has 0 unspecified atom stereocenters. The molecule has 0 radical (unpaired) electrons. The molecule has 2 amide bonds. The zero-order valence-electron chi connectivity index (χ0n) is 20.1. The maximum atomic E-state index is 12.7. The van der Waals surface area contributed by atoms with Gasteiger partial charge in [0, 0.05) is 37.7 Å². The molecule has 1 N–H and O–H groups in total. The van der Waals surface area contributed by atoms with Gasteiger partial charge >= 0.3 is 6.03 Å². The average Bonchev–Trinajstić information content (AvgIpc) is 3.22. The first-order valence-corrected chi connectivity index (χ1v) is 12.1. The molecule has 2 aromatic heterocycles. The Balaban J connectivity index is 1.31. The fraction of sp³-hybridized carbons (Fsp3) is 0.308. The van der Waals surface area contributed by atoms with Crippen LogP contribution in [0.2, 0.25) is 5.02 Å². The number of carbonyl (C=O) groups is 1. The number of hydrogen-bond donors (Lipinski definition) is 1. The molecule has 35 heavy (non-hydrogen) atoms. The van der Waals surface area contributed by atoms with Gasteiger partial charge in [-0.1, -0.05) is 41.4 Å². The summed E-state index contributed by atoms with van der Waals surface area (Å²) in [6.07, 6.45) is 0. The Bertz CT molecular complexity index is 1360. The predicted octanol–water partition coefficient (Wildman–Crippen LogP) is 4.43. The third kappa shape index (κ3) is 4.66. The number of urea groups is 1. The molecule has 0 spiro atoms. The third-order valence-corrected chi connectivity index (χ3v) is 6.74. The Hall–Kier alpha value is -3.65. The average molecular weight is 490 g/mol. The molecule has 1 aliphatic rings. The number of benzene rings is 2. The van der Waals surface area contributed by atoms with Crippen LogP contribution in [0.25, 0.3) is 16.6 Å². The molecular formula is C26H28ClN7O. The summed E-state index contributed by atoms with van der Waals surface area (Å²) < 4.78 is 1.91. The second-order valence-electron chi connectivity index (χ2n) is 8.92. The van der Waals surface area contributed by atoms with E-state index in [4.69, 9.17) is 16.7 Å². The molecule has 4 aromatic rings. The molecule has 5 rings (SSSR count). The number of halogens is 1. The molecular weight excluding hydrogens is 462 g/mol. The summed E-state index contributed by atoms with van der Waals surface area (Å²) >= 11 is 6.07. The van der Waals surface area contributed by atoms with Gasteiger partial charge in [-0.2, -0.15) is 10.2 Å². The Kier molecular flexibility index (Phi) is 6.30. The summed E-state index contributed by atoms with van der Waals surface area (Å²) in [4.78, 5) is 16.7. The molecule has 1 fully saturated rings. The maximum absolute atomic E-state index is 12.7. The van der Waals surface area contributed by atoms with Crippen LogP contribution < -0.4 is 10.2 Å². The van der Waals surface area contributed by atoms with E-state index in [9.17, 15) is 4.79 Å². The number of piperazine rings is 1. The van der Waals surface area contributed by atoms with Crippen molar-refractivity contribution in [2.24, 2.45) is 0 Å². The van der Waals surface area contributed by atoms with Crippen molar-refractivity contribution in [3.63, 3.8) is 0 Å². The molecule has 8 nitrogen and oxygen atoms in total. The highest BCUT2D eigenvalue weighted by atomic mass is 35.5. The minimum Gasteiger partial charge on any atom is -0.350 e. The zero-order valence-corrected chi connectivity index (χ0v) is 20.9. The lowest BCUT2D eigenvalue weighted by molar-refractivity contribution is 0.194. The number of aromatic nitrogens is 4. The van der Waals surface area contributed by atoms with Gasteiger partial charge < -0.3 is 15.1 Å². The van der Waals surface area contributed by atoms with Crippen LogP contribution in [0.3, 0.4) is 0 Å². The number of carbonyl (C=O) groups excluding carboxylic acids is 1. The fourth-order valence-corrected chi connectivity index (χ4v) is 4.60. The molecule has 0 bridgehead atoms. The van der Waals surface area contributed by atoms with Crippen LogP contribution >= 0.6 is 11.6 Å². The Morgan fingerprint density at radius 1 is 0.943 bits per heavy atom. The lowest BCUT2D eigenvalue weighted by Crippen LogP contribution is -2.52.